The van der Waals surface area contributed by atoms with Crippen molar-refractivity contribution in [1.29, 1.82) is 0 Å². The van der Waals surface area contributed by atoms with Gasteiger partial charge in [-0.25, -0.2) is 9.18 Å². The third-order valence-corrected chi connectivity index (χ3v) is 4.03. The molecule has 0 aliphatic heterocycles. The van der Waals surface area contributed by atoms with E-state index in [1.54, 1.807) is 12.1 Å². The van der Waals surface area contributed by atoms with Gasteiger partial charge in [-0.05, 0) is 43.3 Å². The van der Waals surface area contributed by atoms with E-state index < -0.39 is 23.8 Å². The molecular formula is C19H16Cl2FNO4. The number of anilines is 1. The maximum absolute atomic E-state index is 13.7. The van der Waals surface area contributed by atoms with Gasteiger partial charge in [0.1, 0.15) is 11.6 Å². The van der Waals surface area contributed by atoms with Crippen LogP contribution < -0.4 is 10.1 Å². The minimum Gasteiger partial charge on any atom is -0.495 e. The van der Waals surface area contributed by atoms with Gasteiger partial charge in [0.2, 0.25) is 0 Å². The molecule has 27 heavy (non-hydrogen) atoms. The quantitative estimate of drug-likeness (QED) is 0.551. The van der Waals surface area contributed by atoms with Crippen molar-refractivity contribution >= 4 is 46.8 Å². The zero-order valence-corrected chi connectivity index (χ0v) is 16.0. The number of rotatable bonds is 6. The Hall–Kier alpha value is -2.57. The Morgan fingerprint density at radius 1 is 1.22 bits per heavy atom. The summed E-state index contributed by atoms with van der Waals surface area (Å²) in [4.78, 5) is 24.1. The van der Waals surface area contributed by atoms with E-state index in [1.807, 2.05) is 0 Å². The number of nitrogens with one attached hydrogen (secondary N) is 1. The summed E-state index contributed by atoms with van der Waals surface area (Å²) in [7, 11) is 1.45. The van der Waals surface area contributed by atoms with Gasteiger partial charge in [-0.15, -0.1) is 0 Å². The number of esters is 1. The van der Waals surface area contributed by atoms with E-state index in [2.05, 4.69) is 5.32 Å². The van der Waals surface area contributed by atoms with E-state index in [0.717, 1.165) is 6.08 Å². The highest BCUT2D eigenvalue weighted by atomic mass is 35.5. The zero-order chi connectivity index (χ0) is 20.0. The number of methoxy groups -OCH3 is 1. The smallest absolute Gasteiger partial charge is 0.331 e. The van der Waals surface area contributed by atoms with Crippen molar-refractivity contribution < 1.29 is 23.5 Å². The summed E-state index contributed by atoms with van der Waals surface area (Å²) >= 11 is 11.8. The standard InChI is InChI=1S/C19H16Cl2FNO4/c1-11(19(25)23-16-10-12(20)6-8-17(16)26-2)27-18(24)9-7-13-14(21)4-3-5-15(13)22/h3-11H,1-2H3,(H,23,25)/b9-7+. The van der Waals surface area contributed by atoms with E-state index in [4.69, 9.17) is 32.7 Å². The summed E-state index contributed by atoms with van der Waals surface area (Å²) in [6.45, 7) is 1.40. The van der Waals surface area contributed by atoms with Crippen LogP contribution in [0.1, 0.15) is 12.5 Å². The van der Waals surface area contributed by atoms with Crippen LogP contribution in [-0.4, -0.2) is 25.1 Å². The van der Waals surface area contributed by atoms with E-state index in [-0.39, 0.29) is 10.6 Å². The summed E-state index contributed by atoms with van der Waals surface area (Å²) in [6, 6.07) is 8.86. The molecule has 0 aliphatic carbocycles. The molecule has 1 amide bonds. The fourth-order valence-corrected chi connectivity index (χ4v) is 2.50. The monoisotopic (exact) mass is 411 g/mol. The fourth-order valence-electron chi connectivity index (χ4n) is 2.10. The van der Waals surface area contributed by atoms with Crippen LogP contribution in [0.4, 0.5) is 10.1 Å². The number of hydrogen-bond acceptors (Lipinski definition) is 4. The number of hydrogen-bond donors (Lipinski definition) is 1. The Kier molecular flexibility index (Phi) is 7.21. The first kappa shape index (κ1) is 20.7. The van der Waals surface area contributed by atoms with Crippen LogP contribution in [-0.2, 0) is 14.3 Å². The van der Waals surface area contributed by atoms with Crippen LogP contribution in [0.5, 0.6) is 5.75 Å². The number of amides is 1. The van der Waals surface area contributed by atoms with Crippen molar-refractivity contribution in [3.63, 3.8) is 0 Å². The SMILES string of the molecule is COc1ccc(Cl)cc1NC(=O)C(C)OC(=O)/C=C/c1c(F)cccc1Cl. The van der Waals surface area contributed by atoms with Crippen LogP contribution in [0.3, 0.4) is 0 Å². The lowest BCUT2D eigenvalue weighted by Gasteiger charge is -2.14. The van der Waals surface area contributed by atoms with Gasteiger partial charge in [0.25, 0.3) is 5.91 Å². The largest absolute Gasteiger partial charge is 0.495 e. The lowest BCUT2D eigenvalue weighted by atomic mass is 10.2. The van der Waals surface area contributed by atoms with Crippen LogP contribution in [0.15, 0.2) is 42.5 Å². The van der Waals surface area contributed by atoms with Crippen LogP contribution in [0, 0.1) is 5.82 Å². The Morgan fingerprint density at radius 2 is 1.96 bits per heavy atom. The minimum absolute atomic E-state index is 0.0527. The predicted molar refractivity (Wildman–Crippen MR) is 103 cm³/mol. The molecule has 0 aromatic heterocycles. The average molecular weight is 412 g/mol. The van der Waals surface area contributed by atoms with E-state index in [1.165, 1.54) is 44.4 Å². The summed E-state index contributed by atoms with van der Waals surface area (Å²) in [5.74, 6) is -1.58. The van der Waals surface area contributed by atoms with E-state index in [9.17, 15) is 14.0 Å². The van der Waals surface area contributed by atoms with Gasteiger partial charge in [-0.3, -0.25) is 4.79 Å². The molecule has 8 heteroatoms. The summed E-state index contributed by atoms with van der Waals surface area (Å²) in [5.41, 5.74) is 0.392. The fraction of sp³-hybridized carbons (Fsp3) is 0.158. The molecule has 2 aromatic carbocycles. The topological polar surface area (TPSA) is 64.6 Å². The highest BCUT2D eigenvalue weighted by Gasteiger charge is 2.18. The Balaban J connectivity index is 2.01. The van der Waals surface area contributed by atoms with Gasteiger partial charge in [-0.1, -0.05) is 29.3 Å². The molecule has 0 spiro atoms. The van der Waals surface area contributed by atoms with Gasteiger partial charge in [0.15, 0.2) is 6.10 Å². The number of carbonyl (C=O) groups excluding carboxylic acids is 2. The van der Waals surface area contributed by atoms with Crippen molar-refractivity contribution in [2.45, 2.75) is 13.0 Å². The van der Waals surface area contributed by atoms with Crippen LogP contribution in [0.2, 0.25) is 10.0 Å². The molecule has 0 bridgehead atoms. The third-order valence-electron chi connectivity index (χ3n) is 3.47. The van der Waals surface area contributed by atoms with E-state index in [0.29, 0.717) is 16.5 Å². The van der Waals surface area contributed by atoms with Gasteiger partial charge < -0.3 is 14.8 Å². The molecule has 0 saturated heterocycles. The number of ether oxygens (including phenoxy) is 2. The predicted octanol–water partition coefficient (Wildman–Crippen LogP) is 4.72. The lowest BCUT2D eigenvalue weighted by Crippen LogP contribution is -2.29. The van der Waals surface area contributed by atoms with Gasteiger partial charge in [0.05, 0.1) is 17.8 Å². The lowest BCUT2D eigenvalue weighted by molar-refractivity contribution is -0.148. The molecule has 0 saturated carbocycles. The van der Waals surface area contributed by atoms with Gasteiger partial charge >= 0.3 is 5.97 Å². The molecule has 1 atom stereocenters. The highest BCUT2D eigenvalue weighted by Crippen LogP contribution is 2.28. The summed E-state index contributed by atoms with van der Waals surface area (Å²) < 4.78 is 23.8. The molecule has 0 radical (unpaired) electrons. The first-order valence-electron chi connectivity index (χ1n) is 7.79. The molecule has 0 heterocycles. The second-order valence-corrected chi connectivity index (χ2v) is 6.23. The molecular weight excluding hydrogens is 396 g/mol. The van der Waals surface area contributed by atoms with Crippen molar-refractivity contribution in [2.24, 2.45) is 0 Å². The van der Waals surface area contributed by atoms with Crippen LogP contribution in [0.25, 0.3) is 6.08 Å². The van der Waals surface area contributed by atoms with Crippen molar-refractivity contribution in [3.05, 3.63) is 63.9 Å². The first-order valence-corrected chi connectivity index (χ1v) is 8.54. The zero-order valence-electron chi connectivity index (χ0n) is 14.5. The molecule has 5 nitrogen and oxygen atoms in total. The van der Waals surface area contributed by atoms with Crippen molar-refractivity contribution in [1.82, 2.24) is 0 Å². The third kappa shape index (κ3) is 5.70. The number of halogens is 3. The molecule has 0 fully saturated rings. The maximum atomic E-state index is 13.7. The first-order chi connectivity index (χ1) is 12.8. The normalized spacial score (nSPS) is 11.9. The minimum atomic E-state index is -1.11. The summed E-state index contributed by atoms with van der Waals surface area (Å²) in [5, 5.41) is 3.12. The maximum Gasteiger partial charge on any atom is 0.331 e. The van der Waals surface area contributed by atoms with Crippen LogP contribution >= 0.6 is 23.2 Å². The Morgan fingerprint density at radius 3 is 2.63 bits per heavy atom. The average Bonchev–Trinajstić information content (AvgIpc) is 2.61. The van der Waals surface area contributed by atoms with E-state index >= 15 is 0 Å². The summed E-state index contributed by atoms with van der Waals surface area (Å²) in [6.07, 6.45) is 1.07. The van der Waals surface area contributed by atoms with Crippen molar-refractivity contribution in [2.75, 3.05) is 12.4 Å². The molecule has 2 aromatic rings. The Labute approximate surface area is 165 Å². The Bertz CT molecular complexity index is 866. The highest BCUT2D eigenvalue weighted by molar-refractivity contribution is 6.32. The number of carbonyl (C=O) groups is 2. The number of benzene rings is 2. The molecule has 2 rings (SSSR count). The molecule has 142 valence electrons. The second-order valence-electron chi connectivity index (χ2n) is 5.38. The molecule has 0 aliphatic rings. The second kappa shape index (κ2) is 9.39. The van der Waals surface area contributed by atoms with Crippen molar-refractivity contribution in [3.8, 4) is 5.75 Å². The molecule has 1 N–H and O–H groups in total. The van der Waals surface area contributed by atoms with Gasteiger partial charge in [0, 0.05) is 16.7 Å². The molecule has 1 unspecified atom stereocenters. The van der Waals surface area contributed by atoms with Gasteiger partial charge in [-0.2, -0.15) is 0 Å².